The van der Waals surface area contributed by atoms with E-state index in [9.17, 15) is 4.79 Å². The van der Waals surface area contributed by atoms with Crippen LogP contribution in [-0.2, 0) is 11.3 Å². The Morgan fingerprint density at radius 2 is 1.90 bits per heavy atom. The van der Waals surface area contributed by atoms with E-state index in [-0.39, 0.29) is 12.6 Å². The second kappa shape index (κ2) is 5.61. The third kappa shape index (κ3) is 2.81. The van der Waals surface area contributed by atoms with Gasteiger partial charge in [0.25, 0.3) is 0 Å². The first kappa shape index (κ1) is 13.1. The molecule has 1 heterocycles. The molecule has 0 aliphatic carbocycles. The van der Waals surface area contributed by atoms with Crippen molar-refractivity contribution in [1.29, 1.82) is 0 Å². The molecule has 0 radical (unpaired) electrons. The minimum Gasteiger partial charge on any atom is -0.455 e. The largest absolute Gasteiger partial charge is 0.455 e. The van der Waals surface area contributed by atoms with Gasteiger partial charge in [0.05, 0.1) is 15.8 Å². The predicted molar refractivity (Wildman–Crippen MR) is 80.2 cm³/mol. The van der Waals surface area contributed by atoms with Gasteiger partial charge in [-0.25, -0.2) is 9.78 Å². The molecule has 0 atom stereocenters. The highest BCUT2D eigenvalue weighted by Crippen LogP contribution is 2.22. The van der Waals surface area contributed by atoms with Gasteiger partial charge in [-0.2, -0.15) is 0 Å². The zero-order valence-corrected chi connectivity index (χ0v) is 11.9. The fraction of sp³-hybridized carbons (Fsp3) is 0.0667. The number of fused-ring (bicyclic) bond motifs is 1. The van der Waals surface area contributed by atoms with Crippen LogP contribution in [0.3, 0.4) is 0 Å². The van der Waals surface area contributed by atoms with Crippen molar-refractivity contribution in [3.8, 4) is 0 Å². The van der Waals surface area contributed by atoms with E-state index in [4.69, 9.17) is 16.3 Å². The van der Waals surface area contributed by atoms with Crippen LogP contribution in [0.15, 0.2) is 48.5 Å². The van der Waals surface area contributed by atoms with Crippen LogP contribution in [0, 0.1) is 0 Å². The molecule has 20 heavy (non-hydrogen) atoms. The monoisotopic (exact) mass is 303 g/mol. The third-order valence-electron chi connectivity index (χ3n) is 2.74. The minimum absolute atomic E-state index is 0.181. The van der Waals surface area contributed by atoms with Crippen LogP contribution >= 0.6 is 22.9 Å². The zero-order valence-electron chi connectivity index (χ0n) is 10.4. The summed E-state index contributed by atoms with van der Waals surface area (Å²) in [6, 6.07) is 14.4. The molecule has 0 aliphatic heterocycles. The lowest BCUT2D eigenvalue weighted by Gasteiger charge is -2.02. The topological polar surface area (TPSA) is 39.2 Å². The lowest BCUT2D eigenvalue weighted by atomic mass is 10.2. The van der Waals surface area contributed by atoms with Crippen LogP contribution in [0.4, 0.5) is 0 Å². The predicted octanol–water partition coefficient (Wildman–Crippen LogP) is 4.31. The number of hydrogen-bond donors (Lipinski definition) is 0. The number of aromatic nitrogens is 1. The Kier molecular flexibility index (Phi) is 3.67. The molecule has 3 nitrogen and oxygen atoms in total. The highest BCUT2D eigenvalue weighted by Gasteiger charge is 2.09. The molecule has 0 saturated carbocycles. The van der Waals surface area contributed by atoms with Gasteiger partial charge in [0.2, 0.25) is 0 Å². The molecule has 0 spiro atoms. The number of halogens is 1. The fourth-order valence-corrected chi connectivity index (χ4v) is 2.78. The summed E-state index contributed by atoms with van der Waals surface area (Å²) in [6.45, 7) is 0.181. The summed E-state index contributed by atoms with van der Waals surface area (Å²) in [5, 5.41) is 1.38. The van der Waals surface area contributed by atoms with E-state index >= 15 is 0 Å². The van der Waals surface area contributed by atoms with E-state index in [2.05, 4.69) is 4.98 Å². The van der Waals surface area contributed by atoms with E-state index in [1.54, 1.807) is 24.3 Å². The molecule has 0 fully saturated rings. The lowest BCUT2D eigenvalue weighted by Crippen LogP contribution is -2.04. The van der Waals surface area contributed by atoms with Crippen molar-refractivity contribution in [3.63, 3.8) is 0 Å². The number of hydrogen-bond acceptors (Lipinski definition) is 4. The molecule has 1 aromatic heterocycles. The first-order chi connectivity index (χ1) is 9.72. The fourth-order valence-electron chi connectivity index (χ4n) is 1.78. The van der Waals surface area contributed by atoms with Crippen LogP contribution in [0.25, 0.3) is 10.2 Å². The molecule has 5 heteroatoms. The molecule has 0 N–H and O–H groups in total. The van der Waals surface area contributed by atoms with Crippen molar-refractivity contribution in [1.82, 2.24) is 4.98 Å². The number of nitrogens with zero attached hydrogens (tertiary/aromatic N) is 1. The van der Waals surface area contributed by atoms with E-state index in [0.717, 1.165) is 15.2 Å². The van der Waals surface area contributed by atoms with Crippen molar-refractivity contribution < 1.29 is 9.53 Å². The van der Waals surface area contributed by atoms with Crippen LogP contribution < -0.4 is 0 Å². The molecule has 0 aliphatic rings. The minimum atomic E-state index is -0.374. The maximum Gasteiger partial charge on any atom is 0.338 e. The van der Waals surface area contributed by atoms with Gasteiger partial charge in [-0.15, -0.1) is 11.3 Å². The molecular formula is C15H10ClNO2S. The van der Waals surface area contributed by atoms with Gasteiger partial charge < -0.3 is 4.74 Å². The number of rotatable bonds is 3. The SMILES string of the molecule is O=C(OCc1nc2ccccc2s1)c1ccc(Cl)cc1. The first-order valence-corrected chi connectivity index (χ1v) is 7.19. The van der Waals surface area contributed by atoms with Crippen molar-refractivity contribution in [2.45, 2.75) is 6.61 Å². The summed E-state index contributed by atoms with van der Waals surface area (Å²) in [5.74, 6) is -0.374. The second-order valence-electron chi connectivity index (χ2n) is 4.16. The van der Waals surface area contributed by atoms with Gasteiger partial charge in [-0.3, -0.25) is 0 Å². The van der Waals surface area contributed by atoms with Gasteiger partial charge in [0.1, 0.15) is 11.6 Å². The Hall–Kier alpha value is -1.91. The highest BCUT2D eigenvalue weighted by molar-refractivity contribution is 7.18. The summed E-state index contributed by atoms with van der Waals surface area (Å²) in [4.78, 5) is 16.3. The Labute approximate surface area is 124 Å². The van der Waals surface area contributed by atoms with Crippen molar-refractivity contribution in [2.75, 3.05) is 0 Å². The van der Waals surface area contributed by atoms with Crippen LogP contribution in [0.2, 0.25) is 5.02 Å². The number of carbonyl (C=O) groups is 1. The number of thiazole rings is 1. The summed E-state index contributed by atoms with van der Waals surface area (Å²) in [5.41, 5.74) is 1.41. The van der Waals surface area contributed by atoms with Gasteiger partial charge in [0, 0.05) is 5.02 Å². The molecule has 3 rings (SSSR count). The Balaban J connectivity index is 1.69. The van der Waals surface area contributed by atoms with E-state index in [1.165, 1.54) is 11.3 Å². The van der Waals surface area contributed by atoms with Crippen LogP contribution in [0.1, 0.15) is 15.4 Å². The summed E-state index contributed by atoms with van der Waals surface area (Å²) >= 11 is 7.30. The number of para-hydroxylation sites is 1. The van der Waals surface area contributed by atoms with Crippen molar-refractivity contribution in [2.24, 2.45) is 0 Å². The van der Waals surface area contributed by atoms with E-state index in [0.29, 0.717) is 10.6 Å². The average Bonchev–Trinajstić information content (AvgIpc) is 2.88. The van der Waals surface area contributed by atoms with E-state index < -0.39 is 0 Å². The summed E-state index contributed by atoms with van der Waals surface area (Å²) in [7, 11) is 0. The summed E-state index contributed by atoms with van der Waals surface area (Å²) in [6.07, 6.45) is 0. The van der Waals surface area contributed by atoms with Gasteiger partial charge in [0.15, 0.2) is 0 Å². The van der Waals surface area contributed by atoms with Crippen LogP contribution in [0.5, 0.6) is 0 Å². The van der Waals surface area contributed by atoms with Crippen molar-refractivity contribution in [3.05, 3.63) is 64.1 Å². The molecule has 3 aromatic rings. The standard InChI is InChI=1S/C15H10ClNO2S/c16-11-7-5-10(6-8-11)15(18)19-9-14-17-12-3-1-2-4-13(12)20-14/h1-8H,9H2. The highest BCUT2D eigenvalue weighted by atomic mass is 35.5. The molecule has 0 saturated heterocycles. The lowest BCUT2D eigenvalue weighted by molar-refractivity contribution is 0.0472. The van der Waals surface area contributed by atoms with Gasteiger partial charge in [-0.1, -0.05) is 23.7 Å². The number of carbonyl (C=O) groups excluding carboxylic acids is 1. The number of esters is 1. The quantitative estimate of drug-likeness (QED) is 0.677. The first-order valence-electron chi connectivity index (χ1n) is 5.99. The second-order valence-corrected chi connectivity index (χ2v) is 5.71. The molecule has 0 unspecified atom stereocenters. The maximum atomic E-state index is 11.9. The zero-order chi connectivity index (χ0) is 13.9. The Morgan fingerprint density at radius 1 is 1.15 bits per heavy atom. The van der Waals surface area contributed by atoms with E-state index in [1.807, 2.05) is 24.3 Å². The van der Waals surface area contributed by atoms with Gasteiger partial charge in [-0.05, 0) is 36.4 Å². The summed E-state index contributed by atoms with van der Waals surface area (Å²) < 4.78 is 6.34. The number of ether oxygens (including phenoxy) is 1. The normalized spacial score (nSPS) is 10.7. The Bertz CT molecular complexity index is 719. The molecular weight excluding hydrogens is 294 g/mol. The van der Waals surface area contributed by atoms with Gasteiger partial charge >= 0.3 is 5.97 Å². The average molecular weight is 304 g/mol. The molecule has 2 aromatic carbocycles. The molecule has 0 bridgehead atoms. The Morgan fingerprint density at radius 3 is 2.65 bits per heavy atom. The smallest absolute Gasteiger partial charge is 0.338 e. The molecule has 0 amide bonds. The maximum absolute atomic E-state index is 11.9. The van der Waals surface area contributed by atoms with Crippen molar-refractivity contribution >= 4 is 39.1 Å². The third-order valence-corrected chi connectivity index (χ3v) is 4.01. The molecule has 100 valence electrons. The van der Waals surface area contributed by atoms with Crippen LogP contribution in [-0.4, -0.2) is 11.0 Å². The number of benzene rings is 2.